The van der Waals surface area contributed by atoms with Crippen LogP contribution in [0.5, 0.6) is 11.5 Å². The molecule has 0 spiro atoms. The Balaban J connectivity index is 2.13. The average molecular weight is 292 g/mol. The van der Waals surface area contributed by atoms with E-state index in [2.05, 4.69) is 0 Å². The third-order valence-electron chi connectivity index (χ3n) is 2.72. The predicted octanol–water partition coefficient (Wildman–Crippen LogP) is 3.32. The van der Waals surface area contributed by atoms with Crippen molar-refractivity contribution in [3.05, 3.63) is 47.5 Å². The molecule has 0 aliphatic heterocycles. The zero-order chi connectivity index (χ0) is 14.7. The fourth-order valence-electron chi connectivity index (χ4n) is 1.66. The summed E-state index contributed by atoms with van der Waals surface area (Å²) in [5, 5.41) is 0. The molecule has 2 aromatic rings. The van der Waals surface area contributed by atoms with Gasteiger partial charge in [-0.3, -0.25) is 0 Å². The molecule has 0 amide bonds. The van der Waals surface area contributed by atoms with Gasteiger partial charge in [-0.05, 0) is 49.2 Å². The van der Waals surface area contributed by atoms with E-state index >= 15 is 0 Å². The second kappa shape index (κ2) is 5.88. The summed E-state index contributed by atoms with van der Waals surface area (Å²) in [4.78, 5) is 0. The number of nitrogen functional groups attached to an aromatic ring is 2. The summed E-state index contributed by atoms with van der Waals surface area (Å²) < 4.78 is 22.5. The molecule has 0 saturated carbocycles. The van der Waals surface area contributed by atoms with Crippen molar-refractivity contribution in [1.29, 1.82) is 0 Å². The Kier molecular flexibility index (Phi) is 4.20. The second-order valence-corrected chi connectivity index (χ2v) is 5.44. The highest BCUT2D eigenvalue weighted by molar-refractivity contribution is 7.34. The molecule has 0 bridgehead atoms. The van der Waals surface area contributed by atoms with E-state index < -0.39 is 8.25 Å². The summed E-state index contributed by atoms with van der Waals surface area (Å²) in [7, 11) is -2.78. The normalized spacial score (nSPS) is 10.6. The quantitative estimate of drug-likeness (QED) is 0.666. The monoisotopic (exact) mass is 292 g/mol. The maximum atomic E-state index is 11.9. The fraction of sp³-hybridized carbons (Fsp3) is 0.143. The summed E-state index contributed by atoms with van der Waals surface area (Å²) in [5.41, 5.74) is 14.3. The van der Waals surface area contributed by atoms with Crippen LogP contribution in [0.2, 0.25) is 0 Å². The van der Waals surface area contributed by atoms with Gasteiger partial charge >= 0.3 is 8.25 Å². The van der Waals surface area contributed by atoms with Crippen LogP contribution in [-0.4, -0.2) is 0 Å². The zero-order valence-corrected chi connectivity index (χ0v) is 12.3. The fourth-order valence-corrected chi connectivity index (χ4v) is 2.41. The van der Waals surface area contributed by atoms with Gasteiger partial charge in [0.15, 0.2) is 11.5 Å². The van der Waals surface area contributed by atoms with E-state index in [-0.39, 0.29) is 0 Å². The van der Waals surface area contributed by atoms with Gasteiger partial charge in [0.25, 0.3) is 0 Å². The molecule has 0 unspecified atom stereocenters. The maximum Gasteiger partial charge on any atom is 0.419 e. The van der Waals surface area contributed by atoms with Gasteiger partial charge in [-0.15, -0.1) is 0 Å². The Bertz CT molecular complexity index is 603. The van der Waals surface area contributed by atoms with Crippen molar-refractivity contribution in [1.82, 2.24) is 0 Å². The molecular weight excluding hydrogens is 275 g/mol. The molecule has 4 N–H and O–H groups in total. The first-order valence-electron chi connectivity index (χ1n) is 6.07. The minimum atomic E-state index is -2.78. The third kappa shape index (κ3) is 3.45. The van der Waals surface area contributed by atoms with Gasteiger partial charge in [0.2, 0.25) is 0 Å². The summed E-state index contributed by atoms with van der Waals surface area (Å²) in [5.74, 6) is 0.695. The van der Waals surface area contributed by atoms with Crippen LogP contribution in [0, 0.1) is 13.8 Å². The van der Waals surface area contributed by atoms with Crippen LogP contribution < -0.4 is 20.5 Å². The van der Waals surface area contributed by atoms with Crippen molar-refractivity contribution in [3.63, 3.8) is 0 Å². The van der Waals surface area contributed by atoms with Crippen molar-refractivity contribution in [3.8, 4) is 11.5 Å². The van der Waals surface area contributed by atoms with Crippen LogP contribution in [0.3, 0.4) is 0 Å². The first-order valence-corrected chi connectivity index (χ1v) is 7.30. The van der Waals surface area contributed by atoms with Gasteiger partial charge in [0, 0.05) is 0 Å². The number of benzene rings is 2. The Labute approximate surface area is 118 Å². The number of aryl methyl sites for hydroxylation is 2. The van der Waals surface area contributed by atoms with Crippen molar-refractivity contribution >= 4 is 19.6 Å². The minimum absolute atomic E-state index is 0.347. The Morgan fingerprint density at radius 3 is 1.65 bits per heavy atom. The molecule has 20 heavy (non-hydrogen) atoms. The summed E-state index contributed by atoms with van der Waals surface area (Å²) in [6, 6.07) is 10.5. The van der Waals surface area contributed by atoms with Gasteiger partial charge in [0.1, 0.15) is 0 Å². The van der Waals surface area contributed by atoms with Gasteiger partial charge in [-0.25, -0.2) is 4.57 Å². The van der Waals surface area contributed by atoms with Crippen LogP contribution in [0.1, 0.15) is 11.1 Å². The molecule has 2 aromatic carbocycles. The highest BCUT2D eigenvalue weighted by atomic mass is 31.1. The molecule has 0 heterocycles. The van der Waals surface area contributed by atoms with Crippen LogP contribution in [0.4, 0.5) is 11.4 Å². The van der Waals surface area contributed by atoms with E-state index in [4.69, 9.17) is 20.5 Å². The molecule has 5 nitrogen and oxygen atoms in total. The van der Waals surface area contributed by atoms with E-state index in [0.29, 0.717) is 22.9 Å². The van der Waals surface area contributed by atoms with Crippen LogP contribution in [0.25, 0.3) is 0 Å². The number of nitrogens with two attached hydrogens (primary N) is 2. The van der Waals surface area contributed by atoms with E-state index in [1.165, 1.54) is 0 Å². The van der Waals surface area contributed by atoms with Gasteiger partial charge in [-0.2, -0.15) is 0 Å². The third-order valence-corrected chi connectivity index (χ3v) is 3.50. The highest BCUT2D eigenvalue weighted by Crippen LogP contribution is 2.36. The van der Waals surface area contributed by atoms with E-state index in [1.54, 1.807) is 24.3 Å². The first-order chi connectivity index (χ1) is 9.45. The SMILES string of the molecule is Cc1ccc(N)c(O[PH](=O)Oc2cc(C)ccc2N)c1. The Morgan fingerprint density at radius 1 is 0.850 bits per heavy atom. The molecule has 0 aliphatic rings. The van der Waals surface area contributed by atoms with Gasteiger partial charge in [0.05, 0.1) is 11.4 Å². The molecule has 0 fully saturated rings. The Hall–Kier alpha value is -2.13. The topological polar surface area (TPSA) is 87.6 Å². The second-order valence-electron chi connectivity index (χ2n) is 4.54. The van der Waals surface area contributed by atoms with Crippen molar-refractivity contribution in [2.24, 2.45) is 0 Å². The highest BCUT2D eigenvalue weighted by Gasteiger charge is 2.09. The smallest absolute Gasteiger partial charge is 0.416 e. The van der Waals surface area contributed by atoms with Crippen molar-refractivity contribution in [2.45, 2.75) is 13.8 Å². The first kappa shape index (κ1) is 14.3. The summed E-state index contributed by atoms with van der Waals surface area (Å²) in [6.07, 6.45) is 0. The molecule has 0 aliphatic carbocycles. The van der Waals surface area contributed by atoms with Gasteiger partial charge in [-0.1, -0.05) is 12.1 Å². The summed E-state index contributed by atoms with van der Waals surface area (Å²) in [6.45, 7) is 3.78. The van der Waals surface area contributed by atoms with E-state index in [1.807, 2.05) is 26.0 Å². The lowest BCUT2D eigenvalue weighted by atomic mass is 10.2. The molecular formula is C14H17N2O3P. The Morgan fingerprint density at radius 2 is 1.25 bits per heavy atom. The molecule has 2 rings (SSSR count). The number of rotatable bonds is 4. The molecule has 0 radical (unpaired) electrons. The number of hydrogen-bond acceptors (Lipinski definition) is 5. The minimum Gasteiger partial charge on any atom is -0.416 e. The van der Waals surface area contributed by atoms with Crippen LogP contribution in [-0.2, 0) is 4.57 Å². The lowest BCUT2D eigenvalue weighted by molar-refractivity contribution is 0.417. The number of hydrogen-bond donors (Lipinski definition) is 2. The van der Waals surface area contributed by atoms with Crippen molar-refractivity contribution < 1.29 is 13.6 Å². The maximum absolute atomic E-state index is 11.9. The van der Waals surface area contributed by atoms with E-state index in [9.17, 15) is 4.57 Å². The lowest BCUT2D eigenvalue weighted by Gasteiger charge is -2.12. The predicted molar refractivity (Wildman–Crippen MR) is 81.4 cm³/mol. The molecule has 0 saturated heterocycles. The van der Waals surface area contributed by atoms with Gasteiger partial charge < -0.3 is 20.5 Å². The standard InChI is InChI=1S/C14H17N2O3P/c1-9-3-5-11(15)13(7-9)18-20(17)19-14-8-10(2)4-6-12(14)16/h3-8,20H,15-16H2,1-2H3. The molecule has 0 aromatic heterocycles. The van der Waals surface area contributed by atoms with E-state index in [0.717, 1.165) is 11.1 Å². The lowest BCUT2D eigenvalue weighted by Crippen LogP contribution is -1.96. The number of anilines is 2. The average Bonchev–Trinajstić information content (AvgIpc) is 2.38. The molecule has 106 valence electrons. The van der Waals surface area contributed by atoms with Crippen LogP contribution in [0.15, 0.2) is 36.4 Å². The summed E-state index contributed by atoms with van der Waals surface area (Å²) >= 11 is 0. The zero-order valence-electron chi connectivity index (χ0n) is 11.3. The van der Waals surface area contributed by atoms with Crippen LogP contribution >= 0.6 is 8.25 Å². The van der Waals surface area contributed by atoms with Crippen molar-refractivity contribution in [2.75, 3.05) is 11.5 Å². The molecule has 0 atom stereocenters. The molecule has 6 heteroatoms. The largest absolute Gasteiger partial charge is 0.419 e.